The van der Waals surface area contributed by atoms with Crippen molar-refractivity contribution in [1.29, 1.82) is 0 Å². The summed E-state index contributed by atoms with van der Waals surface area (Å²) in [6.45, 7) is 0. The number of halogens is 1. The van der Waals surface area contributed by atoms with Crippen LogP contribution < -0.4 is 109 Å². The Labute approximate surface area is 145 Å². The molecule has 0 spiro atoms. The number of hydrogen-bond acceptors (Lipinski definition) is 5. The fraction of sp³-hybridized carbons (Fsp3) is 0. The van der Waals surface area contributed by atoms with Gasteiger partial charge in [-0.05, 0) is 0 Å². The molecule has 48 valence electrons. The van der Waals surface area contributed by atoms with Gasteiger partial charge in [0.1, 0.15) is 0 Å². The molecule has 0 saturated carbocycles. The van der Waals surface area contributed by atoms with Crippen molar-refractivity contribution in [2.75, 3.05) is 0 Å². The Hall–Kier alpha value is 3.39. The van der Waals surface area contributed by atoms with E-state index < -0.39 is 10.4 Å². The van der Waals surface area contributed by atoms with Gasteiger partial charge in [0.05, 0.1) is 0 Å². The molecule has 0 atom stereocenters. The zero-order chi connectivity index (χ0) is 4.50. The number of rotatable bonds is 0. The van der Waals surface area contributed by atoms with E-state index in [1.165, 1.54) is 0 Å². The summed E-state index contributed by atoms with van der Waals surface area (Å²) in [4.78, 5) is 0. The van der Waals surface area contributed by atoms with Gasteiger partial charge in [0.15, 0.2) is 0 Å². The van der Waals surface area contributed by atoms with Crippen molar-refractivity contribution in [3.63, 3.8) is 0 Å². The normalized spacial score (nSPS) is 6.44. The van der Waals surface area contributed by atoms with Crippen LogP contribution in [-0.4, -0.2) is 17.5 Å². The van der Waals surface area contributed by atoms with Crippen LogP contribution in [0.2, 0.25) is 0 Å². The molecule has 0 rings (SSSR count). The van der Waals surface area contributed by atoms with Crippen LogP contribution in [0.25, 0.3) is 0 Å². The average Bonchev–Trinajstić information content (AvgIpc) is 0.722. The van der Waals surface area contributed by atoms with Gasteiger partial charge < -0.3 is 15.3 Å². The third-order valence-corrected chi connectivity index (χ3v) is 0. The predicted molar refractivity (Wildman–Crippen MR) is 22.7 cm³/mol. The quantitative estimate of drug-likeness (QED) is 0.251. The molecule has 0 heterocycles. The SMILES string of the molecule is Cl.N.O=S(=O)([O-])[O-].[K+].[K+]. The van der Waals surface area contributed by atoms with Crippen LogP contribution in [0.15, 0.2) is 0 Å². The second kappa shape index (κ2) is 13.9. The van der Waals surface area contributed by atoms with E-state index in [0.29, 0.717) is 0 Å². The van der Waals surface area contributed by atoms with E-state index in [1.807, 2.05) is 0 Å². The molecule has 0 aliphatic carbocycles. The minimum atomic E-state index is -5.17. The Bertz CT molecular complexity index is 102. The van der Waals surface area contributed by atoms with Crippen molar-refractivity contribution in [3.05, 3.63) is 0 Å². The average molecular weight is 228 g/mol. The summed E-state index contributed by atoms with van der Waals surface area (Å²) in [7, 11) is -5.17. The van der Waals surface area contributed by atoms with E-state index in [-0.39, 0.29) is 121 Å². The van der Waals surface area contributed by atoms with Crippen LogP contribution in [0.4, 0.5) is 0 Å². The second-order valence-electron chi connectivity index (χ2n) is 0.408. The van der Waals surface area contributed by atoms with Crippen LogP contribution in [0.1, 0.15) is 0 Å². The molecule has 0 fully saturated rings. The third kappa shape index (κ3) is 87.3. The Morgan fingerprint density at radius 1 is 1.00 bits per heavy atom. The maximum Gasteiger partial charge on any atom is 1.00 e. The van der Waals surface area contributed by atoms with Gasteiger partial charge in [-0.15, -0.1) is 12.4 Å². The molecule has 0 saturated heterocycles. The summed E-state index contributed by atoms with van der Waals surface area (Å²) >= 11 is 0. The molecule has 5 nitrogen and oxygen atoms in total. The van der Waals surface area contributed by atoms with Gasteiger partial charge >= 0.3 is 103 Å². The Kier molecular flexibility index (Phi) is 45.6. The Balaban J connectivity index is -0.0000000133. The molecular weight excluding hydrogens is 224 g/mol. The van der Waals surface area contributed by atoms with E-state index in [4.69, 9.17) is 17.5 Å². The van der Waals surface area contributed by atoms with Gasteiger partial charge in [-0.25, -0.2) is 0 Å². The van der Waals surface area contributed by atoms with E-state index in [0.717, 1.165) is 0 Å². The summed E-state index contributed by atoms with van der Waals surface area (Å²) in [5.74, 6) is 0. The second-order valence-corrected chi connectivity index (χ2v) is 1.22. The monoisotopic (exact) mass is 227 g/mol. The van der Waals surface area contributed by atoms with Crippen molar-refractivity contribution in [2.45, 2.75) is 0 Å². The van der Waals surface area contributed by atoms with Crippen LogP contribution in [0, 0.1) is 0 Å². The minimum absolute atomic E-state index is 0. The van der Waals surface area contributed by atoms with Crippen LogP contribution in [0.5, 0.6) is 0 Å². The van der Waals surface area contributed by atoms with Gasteiger partial charge in [-0.2, -0.15) is 0 Å². The van der Waals surface area contributed by atoms with Crippen molar-refractivity contribution in [1.82, 2.24) is 6.15 Å². The van der Waals surface area contributed by atoms with Crippen LogP contribution in [-0.2, 0) is 10.4 Å². The summed E-state index contributed by atoms with van der Waals surface area (Å²) in [5, 5.41) is 0. The maximum atomic E-state index is 8.52. The summed E-state index contributed by atoms with van der Waals surface area (Å²) in [6, 6.07) is 0. The van der Waals surface area contributed by atoms with Crippen LogP contribution >= 0.6 is 12.4 Å². The van der Waals surface area contributed by atoms with E-state index in [1.54, 1.807) is 0 Å². The predicted octanol–water partition coefficient (Wildman–Crippen LogP) is -6.75. The van der Waals surface area contributed by atoms with Crippen molar-refractivity contribution in [2.24, 2.45) is 0 Å². The first-order chi connectivity index (χ1) is 2.00. The van der Waals surface area contributed by atoms with Crippen LogP contribution in [0.3, 0.4) is 0 Å². The summed E-state index contributed by atoms with van der Waals surface area (Å²) in [5.41, 5.74) is 0. The first kappa shape index (κ1) is 29.4. The molecular formula is H4ClK2NO4S. The topological polar surface area (TPSA) is 115 Å². The zero-order valence-electron chi connectivity index (χ0n) is 5.16. The molecule has 0 aliphatic heterocycles. The largest absolute Gasteiger partial charge is 1.00 e. The first-order valence-corrected chi connectivity index (χ1v) is 2.00. The molecule has 0 aromatic heterocycles. The molecule has 0 aromatic rings. The Morgan fingerprint density at radius 3 is 1.00 bits per heavy atom. The molecule has 3 N–H and O–H groups in total. The summed E-state index contributed by atoms with van der Waals surface area (Å²) in [6.07, 6.45) is 0. The zero-order valence-corrected chi connectivity index (χ0v) is 13.0. The van der Waals surface area contributed by atoms with E-state index in [9.17, 15) is 0 Å². The third-order valence-electron chi connectivity index (χ3n) is 0. The van der Waals surface area contributed by atoms with Crippen molar-refractivity contribution >= 4 is 22.8 Å². The molecule has 0 radical (unpaired) electrons. The molecule has 0 amide bonds. The smallest absolute Gasteiger partial charge is 0.759 e. The van der Waals surface area contributed by atoms with Gasteiger partial charge in [0.25, 0.3) is 0 Å². The standard InChI is InChI=1S/ClH.2K.H3N.H2O4S/c;;;;1-5(2,3)4/h1H;;;1H3;(H2,1,2,3,4)/q;2*+1;;/p-2. The van der Waals surface area contributed by atoms with Gasteiger partial charge in [-0.3, -0.25) is 8.42 Å². The fourth-order valence-corrected chi connectivity index (χ4v) is 0. The van der Waals surface area contributed by atoms with Gasteiger partial charge in [0.2, 0.25) is 0 Å². The summed E-state index contributed by atoms with van der Waals surface area (Å²) < 4.78 is 34.1. The van der Waals surface area contributed by atoms with Gasteiger partial charge in [-0.1, -0.05) is 0 Å². The molecule has 9 heteroatoms. The molecule has 0 unspecified atom stereocenters. The van der Waals surface area contributed by atoms with E-state index >= 15 is 0 Å². The molecule has 9 heavy (non-hydrogen) atoms. The Morgan fingerprint density at radius 2 is 1.00 bits per heavy atom. The van der Waals surface area contributed by atoms with E-state index in [2.05, 4.69) is 0 Å². The maximum absolute atomic E-state index is 8.52. The van der Waals surface area contributed by atoms with Crippen molar-refractivity contribution in [3.8, 4) is 0 Å². The number of hydrogen-bond donors (Lipinski definition) is 1. The fourth-order valence-electron chi connectivity index (χ4n) is 0. The van der Waals surface area contributed by atoms with Crippen molar-refractivity contribution < 1.29 is 120 Å². The minimum Gasteiger partial charge on any atom is -0.759 e. The first-order valence-electron chi connectivity index (χ1n) is 0.667. The molecule has 0 aliphatic rings. The molecule has 0 bridgehead atoms. The molecule has 0 aromatic carbocycles. The van der Waals surface area contributed by atoms with Gasteiger partial charge in [0, 0.05) is 10.4 Å².